The number of aryl methyl sites for hydroxylation is 2. The summed E-state index contributed by atoms with van der Waals surface area (Å²) in [6.07, 6.45) is 12.6. The van der Waals surface area contributed by atoms with Crippen molar-refractivity contribution in [2.45, 2.75) is 38.4 Å². The van der Waals surface area contributed by atoms with Crippen molar-refractivity contribution in [2.75, 3.05) is 0 Å². The Balaban J connectivity index is 1.11. The zero-order valence-corrected chi connectivity index (χ0v) is 27.5. The van der Waals surface area contributed by atoms with Crippen molar-refractivity contribution < 1.29 is 9.36 Å². The number of carbonyl (C=O) groups excluding carboxylic acids is 1. The van der Waals surface area contributed by atoms with E-state index in [1.54, 1.807) is 4.68 Å². The minimum atomic E-state index is -0.741. The molecule has 0 spiro atoms. The van der Waals surface area contributed by atoms with E-state index in [2.05, 4.69) is 167 Å². The van der Waals surface area contributed by atoms with Crippen LogP contribution in [-0.2, 0) is 24.3 Å². The highest BCUT2D eigenvalue weighted by Crippen LogP contribution is 2.36. The molecule has 2 heterocycles. The van der Waals surface area contributed by atoms with Gasteiger partial charge in [0, 0.05) is 37.7 Å². The second-order valence-corrected chi connectivity index (χ2v) is 12.1. The van der Waals surface area contributed by atoms with Gasteiger partial charge in [0.1, 0.15) is 6.54 Å². The molecule has 6 aromatic rings. The number of benzene rings is 4. The minimum absolute atomic E-state index is 0.300. The highest BCUT2D eigenvalue weighted by atomic mass is 16.1. The largest absolute Gasteiger partial charge is 0.368 e. The Morgan fingerprint density at radius 1 is 0.673 bits per heavy atom. The zero-order chi connectivity index (χ0) is 33.8. The van der Waals surface area contributed by atoms with Gasteiger partial charge in [-0.15, -0.1) is 5.10 Å². The SMILES string of the molecule is NC(=O)[C@@H](N)Cc1cn(CCCC[n+]2ccc(/C=C/c3ccc(C(=C(c4ccccc4)c4ccccc4)c4ccccc4)cc3)cc2)nn1. The molecule has 0 bridgehead atoms. The second-order valence-electron chi connectivity index (χ2n) is 12.1. The molecule has 0 unspecified atom stereocenters. The first kappa shape index (κ1) is 33.0. The number of carbonyl (C=O) groups is 1. The van der Waals surface area contributed by atoms with E-state index in [0.717, 1.165) is 37.1 Å². The van der Waals surface area contributed by atoms with Gasteiger partial charge in [-0.3, -0.25) is 9.48 Å². The average molecular weight is 646 g/mol. The third-order valence-electron chi connectivity index (χ3n) is 8.46. The van der Waals surface area contributed by atoms with Gasteiger partial charge in [0.05, 0.1) is 11.7 Å². The molecule has 49 heavy (non-hydrogen) atoms. The quantitative estimate of drug-likeness (QED) is 0.0794. The van der Waals surface area contributed by atoms with E-state index >= 15 is 0 Å². The van der Waals surface area contributed by atoms with Crippen LogP contribution in [-0.4, -0.2) is 26.9 Å². The molecule has 4 aromatic carbocycles. The number of hydrogen-bond donors (Lipinski definition) is 2. The lowest BCUT2D eigenvalue weighted by Gasteiger charge is -2.18. The number of pyridine rings is 1. The molecule has 7 nitrogen and oxygen atoms in total. The van der Waals surface area contributed by atoms with Crippen LogP contribution in [0.3, 0.4) is 0 Å². The summed E-state index contributed by atoms with van der Waals surface area (Å²) in [5.41, 5.74) is 21.1. The Morgan fingerprint density at radius 3 is 1.67 bits per heavy atom. The number of unbranched alkanes of at least 4 members (excludes halogenated alkanes) is 1. The van der Waals surface area contributed by atoms with Gasteiger partial charge in [0.15, 0.2) is 12.4 Å². The van der Waals surface area contributed by atoms with Crippen LogP contribution in [0.2, 0.25) is 0 Å². The van der Waals surface area contributed by atoms with Crippen molar-refractivity contribution in [3.63, 3.8) is 0 Å². The Bertz CT molecular complexity index is 1960. The molecule has 6 rings (SSSR count). The van der Waals surface area contributed by atoms with Crippen molar-refractivity contribution in [1.82, 2.24) is 15.0 Å². The monoisotopic (exact) mass is 645 g/mol. The van der Waals surface area contributed by atoms with Crippen molar-refractivity contribution in [1.29, 1.82) is 0 Å². The van der Waals surface area contributed by atoms with E-state index in [1.165, 1.54) is 33.4 Å². The molecule has 1 atom stereocenters. The average Bonchev–Trinajstić information content (AvgIpc) is 3.60. The van der Waals surface area contributed by atoms with Crippen LogP contribution in [0.1, 0.15) is 51.9 Å². The molecule has 0 saturated carbocycles. The van der Waals surface area contributed by atoms with Crippen LogP contribution in [0.4, 0.5) is 0 Å². The van der Waals surface area contributed by atoms with Gasteiger partial charge in [0.25, 0.3) is 0 Å². The molecule has 0 saturated heterocycles. The van der Waals surface area contributed by atoms with Crippen LogP contribution in [0.5, 0.6) is 0 Å². The lowest BCUT2D eigenvalue weighted by Crippen LogP contribution is -2.38. The molecule has 0 aliphatic carbocycles. The lowest BCUT2D eigenvalue weighted by atomic mass is 9.85. The van der Waals surface area contributed by atoms with E-state index in [1.807, 2.05) is 6.20 Å². The molecule has 4 N–H and O–H groups in total. The van der Waals surface area contributed by atoms with Crippen molar-refractivity contribution in [3.05, 3.63) is 185 Å². The molecule has 0 fully saturated rings. The van der Waals surface area contributed by atoms with E-state index in [0.29, 0.717) is 12.1 Å². The van der Waals surface area contributed by atoms with E-state index in [9.17, 15) is 4.79 Å². The number of amides is 1. The van der Waals surface area contributed by atoms with Crippen LogP contribution in [0, 0.1) is 0 Å². The molecule has 0 aliphatic heterocycles. The Kier molecular flexibility index (Phi) is 11.0. The summed E-state index contributed by atoms with van der Waals surface area (Å²) in [4.78, 5) is 11.2. The summed E-state index contributed by atoms with van der Waals surface area (Å²) < 4.78 is 3.98. The summed E-state index contributed by atoms with van der Waals surface area (Å²) in [7, 11) is 0. The normalized spacial score (nSPS) is 11.8. The van der Waals surface area contributed by atoms with E-state index in [-0.39, 0.29) is 0 Å². The predicted octanol–water partition coefficient (Wildman–Crippen LogP) is 6.58. The maximum absolute atomic E-state index is 11.2. The first-order valence-corrected chi connectivity index (χ1v) is 16.7. The third kappa shape index (κ3) is 8.91. The number of nitrogens with two attached hydrogens (primary N) is 2. The fourth-order valence-corrected chi connectivity index (χ4v) is 5.84. The van der Waals surface area contributed by atoms with Gasteiger partial charge >= 0.3 is 0 Å². The van der Waals surface area contributed by atoms with Crippen LogP contribution < -0.4 is 16.0 Å². The number of primary amides is 1. The van der Waals surface area contributed by atoms with Crippen molar-refractivity contribution in [3.8, 4) is 0 Å². The molecule has 7 heteroatoms. The third-order valence-corrected chi connectivity index (χ3v) is 8.46. The number of rotatable bonds is 14. The zero-order valence-electron chi connectivity index (χ0n) is 27.5. The molecule has 0 radical (unpaired) electrons. The maximum atomic E-state index is 11.2. The first-order valence-electron chi connectivity index (χ1n) is 16.7. The molecule has 2 aromatic heterocycles. The van der Waals surface area contributed by atoms with Crippen LogP contribution in [0.15, 0.2) is 146 Å². The highest BCUT2D eigenvalue weighted by molar-refractivity contribution is 6.04. The summed E-state index contributed by atoms with van der Waals surface area (Å²) in [5, 5.41) is 8.22. The maximum Gasteiger partial charge on any atom is 0.234 e. The van der Waals surface area contributed by atoms with Crippen molar-refractivity contribution >= 4 is 29.2 Å². The highest BCUT2D eigenvalue weighted by Gasteiger charge is 2.16. The second kappa shape index (κ2) is 16.3. The topological polar surface area (TPSA) is 104 Å². The minimum Gasteiger partial charge on any atom is -0.368 e. The Labute approximate surface area is 287 Å². The Hall–Kier alpha value is -5.92. The summed E-state index contributed by atoms with van der Waals surface area (Å²) in [5.74, 6) is -0.537. The molecule has 0 aliphatic rings. The number of aromatic nitrogens is 4. The fourth-order valence-electron chi connectivity index (χ4n) is 5.84. The molecule has 244 valence electrons. The van der Waals surface area contributed by atoms with Gasteiger partial charge in [-0.2, -0.15) is 0 Å². The summed E-state index contributed by atoms with van der Waals surface area (Å²) >= 11 is 0. The Morgan fingerprint density at radius 2 is 1.16 bits per heavy atom. The smallest absolute Gasteiger partial charge is 0.234 e. The van der Waals surface area contributed by atoms with Crippen LogP contribution >= 0.6 is 0 Å². The predicted molar refractivity (Wildman–Crippen MR) is 196 cm³/mol. The van der Waals surface area contributed by atoms with Crippen LogP contribution in [0.25, 0.3) is 23.3 Å². The first-order chi connectivity index (χ1) is 24.0. The number of nitrogens with zero attached hydrogens (tertiary/aromatic N) is 4. The van der Waals surface area contributed by atoms with Gasteiger partial charge in [-0.05, 0) is 50.9 Å². The van der Waals surface area contributed by atoms with E-state index in [4.69, 9.17) is 11.5 Å². The summed E-state index contributed by atoms with van der Waals surface area (Å²) in [6, 6.07) is 44.3. The van der Waals surface area contributed by atoms with E-state index < -0.39 is 11.9 Å². The standard InChI is InChI=1S/C42H40N6O/c43-39(42(44)49)30-38-31-48(46-45-38)27-11-10-26-47-28-24-33(25-29-47)19-18-32-20-22-37(23-21-32)41(36-16-8-3-9-17-36)40(34-12-4-1-5-13-34)35-14-6-2-7-15-35/h1-9,12-25,28-29,31,39H,10-11,26-27,30,43H2,(H-,44,49)/p+1/b19-18+/t39-/m0/s1. The molecular formula is C42H41N6O+. The van der Waals surface area contributed by atoms with Gasteiger partial charge in [0.2, 0.25) is 5.91 Å². The lowest BCUT2D eigenvalue weighted by molar-refractivity contribution is -0.697. The fraction of sp³-hybridized carbons (Fsp3) is 0.143. The number of hydrogen-bond acceptors (Lipinski definition) is 4. The molecular weight excluding hydrogens is 605 g/mol. The van der Waals surface area contributed by atoms with Gasteiger partial charge in [-0.25, -0.2) is 4.57 Å². The van der Waals surface area contributed by atoms with Gasteiger partial charge < -0.3 is 11.5 Å². The van der Waals surface area contributed by atoms with Crippen molar-refractivity contribution in [2.24, 2.45) is 11.5 Å². The van der Waals surface area contributed by atoms with Gasteiger partial charge in [-0.1, -0.05) is 133 Å². The summed E-state index contributed by atoms with van der Waals surface area (Å²) in [6.45, 7) is 1.66. The molecule has 1 amide bonds.